The standard InChI is InChI=1S/C11H14N2O3/c1-6(10(14)15)9-7-4-2-3-5-8(7)12-11(16)13-9/h6H,2-5H2,1H3,(H,14,15)(H,12,13,16). The molecule has 0 aliphatic heterocycles. The van der Waals surface area contributed by atoms with Crippen molar-refractivity contribution in [1.82, 2.24) is 9.97 Å². The number of hydrogen-bond donors (Lipinski definition) is 2. The van der Waals surface area contributed by atoms with E-state index in [4.69, 9.17) is 5.11 Å². The summed E-state index contributed by atoms with van der Waals surface area (Å²) in [6.45, 7) is 1.57. The zero-order valence-corrected chi connectivity index (χ0v) is 9.12. The number of fused-ring (bicyclic) bond motifs is 1. The molecular formula is C11H14N2O3. The maximum Gasteiger partial charge on any atom is 0.345 e. The summed E-state index contributed by atoms with van der Waals surface area (Å²) in [5.41, 5.74) is 1.80. The van der Waals surface area contributed by atoms with Crippen LogP contribution in [0.15, 0.2) is 4.79 Å². The Bertz CT molecular complexity index is 479. The van der Waals surface area contributed by atoms with Crippen molar-refractivity contribution < 1.29 is 9.90 Å². The normalized spacial score (nSPS) is 16.6. The summed E-state index contributed by atoms with van der Waals surface area (Å²) in [7, 11) is 0. The number of carboxylic acids is 1. The Morgan fingerprint density at radius 3 is 2.81 bits per heavy atom. The molecule has 0 amide bonds. The fourth-order valence-electron chi connectivity index (χ4n) is 2.13. The van der Waals surface area contributed by atoms with Gasteiger partial charge in [0.2, 0.25) is 0 Å². The predicted octanol–water partition coefficient (Wildman–Crippen LogP) is 0.837. The quantitative estimate of drug-likeness (QED) is 0.776. The number of carboxylic acid groups (broad SMARTS) is 1. The van der Waals surface area contributed by atoms with Gasteiger partial charge in [-0.25, -0.2) is 4.79 Å². The molecule has 1 aliphatic rings. The van der Waals surface area contributed by atoms with E-state index in [0.717, 1.165) is 36.9 Å². The third-order valence-electron chi connectivity index (χ3n) is 3.04. The first-order chi connectivity index (χ1) is 7.59. The number of H-pyrrole nitrogens is 1. The molecule has 5 nitrogen and oxygen atoms in total. The lowest BCUT2D eigenvalue weighted by Crippen LogP contribution is -2.24. The third kappa shape index (κ3) is 1.85. The zero-order chi connectivity index (χ0) is 11.7. The number of nitrogens with one attached hydrogen (secondary N) is 1. The van der Waals surface area contributed by atoms with Crippen LogP contribution in [0.2, 0.25) is 0 Å². The summed E-state index contributed by atoms with van der Waals surface area (Å²) in [4.78, 5) is 28.8. The fourth-order valence-corrected chi connectivity index (χ4v) is 2.13. The van der Waals surface area contributed by atoms with Crippen molar-refractivity contribution in [2.24, 2.45) is 0 Å². The average molecular weight is 222 g/mol. The monoisotopic (exact) mass is 222 g/mol. The zero-order valence-electron chi connectivity index (χ0n) is 9.12. The van der Waals surface area contributed by atoms with Crippen molar-refractivity contribution in [3.8, 4) is 0 Å². The molecule has 1 atom stereocenters. The van der Waals surface area contributed by atoms with Crippen molar-refractivity contribution >= 4 is 5.97 Å². The largest absolute Gasteiger partial charge is 0.481 e. The molecule has 0 spiro atoms. The lowest BCUT2D eigenvalue weighted by atomic mass is 9.91. The van der Waals surface area contributed by atoms with Gasteiger partial charge in [0.05, 0.1) is 11.6 Å². The number of aliphatic carboxylic acids is 1. The van der Waals surface area contributed by atoms with Gasteiger partial charge < -0.3 is 10.1 Å². The smallest absolute Gasteiger partial charge is 0.345 e. The molecule has 0 bridgehead atoms. The van der Waals surface area contributed by atoms with Crippen molar-refractivity contribution in [2.75, 3.05) is 0 Å². The van der Waals surface area contributed by atoms with Gasteiger partial charge in [-0.15, -0.1) is 0 Å². The Balaban J connectivity index is 2.55. The Kier molecular flexibility index (Phi) is 2.77. The maximum absolute atomic E-state index is 11.3. The minimum Gasteiger partial charge on any atom is -0.481 e. The Hall–Kier alpha value is -1.65. The second kappa shape index (κ2) is 4.08. The predicted molar refractivity (Wildman–Crippen MR) is 57.6 cm³/mol. The molecule has 1 aromatic heterocycles. The number of hydrogen-bond acceptors (Lipinski definition) is 3. The third-order valence-corrected chi connectivity index (χ3v) is 3.04. The molecular weight excluding hydrogens is 208 g/mol. The lowest BCUT2D eigenvalue weighted by Gasteiger charge is -2.19. The van der Waals surface area contributed by atoms with Gasteiger partial charge in [-0.05, 0) is 38.2 Å². The summed E-state index contributed by atoms with van der Waals surface area (Å²) >= 11 is 0. The van der Waals surface area contributed by atoms with Crippen molar-refractivity contribution in [3.63, 3.8) is 0 Å². The molecule has 0 fully saturated rings. The van der Waals surface area contributed by atoms with Gasteiger partial charge in [-0.2, -0.15) is 4.98 Å². The first-order valence-corrected chi connectivity index (χ1v) is 5.44. The van der Waals surface area contributed by atoms with Crippen molar-refractivity contribution in [3.05, 3.63) is 27.4 Å². The molecule has 16 heavy (non-hydrogen) atoms. The Morgan fingerprint density at radius 1 is 1.44 bits per heavy atom. The van der Waals surface area contributed by atoms with Crippen molar-refractivity contribution in [1.29, 1.82) is 0 Å². The van der Waals surface area contributed by atoms with Gasteiger partial charge in [0.1, 0.15) is 0 Å². The van der Waals surface area contributed by atoms with Gasteiger partial charge in [-0.1, -0.05) is 0 Å². The van der Waals surface area contributed by atoms with Crippen LogP contribution in [0.3, 0.4) is 0 Å². The summed E-state index contributed by atoms with van der Waals surface area (Å²) in [6.07, 6.45) is 3.69. The molecule has 0 radical (unpaired) electrons. The molecule has 1 aromatic rings. The van der Waals surface area contributed by atoms with E-state index in [9.17, 15) is 9.59 Å². The SMILES string of the molecule is CC(C(=O)O)c1nc(=O)[nH]c2c1CCCC2. The van der Waals surface area contributed by atoms with E-state index in [1.54, 1.807) is 6.92 Å². The van der Waals surface area contributed by atoms with E-state index in [-0.39, 0.29) is 0 Å². The molecule has 0 saturated carbocycles. The van der Waals surface area contributed by atoms with Crippen LogP contribution in [0.1, 0.15) is 42.6 Å². The van der Waals surface area contributed by atoms with Crippen LogP contribution in [0.4, 0.5) is 0 Å². The highest BCUT2D eigenvalue weighted by Gasteiger charge is 2.23. The molecule has 2 N–H and O–H groups in total. The van der Waals surface area contributed by atoms with E-state index < -0.39 is 17.6 Å². The molecule has 1 aliphatic carbocycles. The minimum absolute atomic E-state index is 0.436. The Labute approximate surface area is 92.5 Å². The molecule has 0 aromatic carbocycles. The molecule has 86 valence electrons. The van der Waals surface area contributed by atoms with Gasteiger partial charge in [0.25, 0.3) is 0 Å². The van der Waals surface area contributed by atoms with Crippen LogP contribution in [0, 0.1) is 0 Å². The first kappa shape index (κ1) is 10.9. The first-order valence-electron chi connectivity index (χ1n) is 5.44. The number of aromatic nitrogens is 2. The van der Waals surface area contributed by atoms with E-state index >= 15 is 0 Å². The second-order valence-electron chi connectivity index (χ2n) is 4.15. The van der Waals surface area contributed by atoms with E-state index in [1.807, 2.05) is 0 Å². The van der Waals surface area contributed by atoms with Crippen LogP contribution >= 0.6 is 0 Å². The fraction of sp³-hybridized carbons (Fsp3) is 0.545. The van der Waals surface area contributed by atoms with Gasteiger partial charge in [0, 0.05) is 5.69 Å². The molecule has 2 rings (SSSR count). The van der Waals surface area contributed by atoms with Gasteiger partial charge in [-0.3, -0.25) is 4.79 Å². The van der Waals surface area contributed by atoms with Crippen LogP contribution in [-0.4, -0.2) is 21.0 Å². The molecule has 0 saturated heterocycles. The number of rotatable bonds is 2. The van der Waals surface area contributed by atoms with E-state index in [1.165, 1.54) is 0 Å². The average Bonchev–Trinajstić information content (AvgIpc) is 2.26. The maximum atomic E-state index is 11.3. The summed E-state index contributed by atoms with van der Waals surface area (Å²) in [6, 6.07) is 0. The lowest BCUT2D eigenvalue weighted by molar-refractivity contribution is -0.138. The topological polar surface area (TPSA) is 83.0 Å². The minimum atomic E-state index is -0.939. The molecule has 5 heteroatoms. The van der Waals surface area contributed by atoms with Crippen LogP contribution in [0.25, 0.3) is 0 Å². The number of aryl methyl sites for hydroxylation is 1. The van der Waals surface area contributed by atoms with Gasteiger partial charge >= 0.3 is 11.7 Å². The van der Waals surface area contributed by atoms with Crippen LogP contribution < -0.4 is 5.69 Å². The van der Waals surface area contributed by atoms with Crippen molar-refractivity contribution in [2.45, 2.75) is 38.5 Å². The summed E-state index contributed by atoms with van der Waals surface area (Å²) in [5, 5.41) is 8.98. The highest BCUT2D eigenvalue weighted by molar-refractivity contribution is 5.75. The Morgan fingerprint density at radius 2 is 2.12 bits per heavy atom. The van der Waals surface area contributed by atoms with Crippen LogP contribution in [0.5, 0.6) is 0 Å². The number of carbonyl (C=O) groups is 1. The van der Waals surface area contributed by atoms with E-state index in [2.05, 4.69) is 9.97 Å². The molecule has 1 unspecified atom stereocenters. The number of aromatic amines is 1. The highest BCUT2D eigenvalue weighted by Crippen LogP contribution is 2.25. The highest BCUT2D eigenvalue weighted by atomic mass is 16.4. The number of nitrogens with zero attached hydrogens (tertiary/aromatic N) is 1. The summed E-state index contributed by atoms with van der Waals surface area (Å²) < 4.78 is 0. The van der Waals surface area contributed by atoms with Gasteiger partial charge in [0.15, 0.2) is 0 Å². The second-order valence-corrected chi connectivity index (χ2v) is 4.15. The summed E-state index contributed by atoms with van der Waals surface area (Å²) in [5.74, 6) is -1.65. The van der Waals surface area contributed by atoms with Crippen LogP contribution in [-0.2, 0) is 17.6 Å². The van der Waals surface area contributed by atoms with E-state index in [0.29, 0.717) is 5.69 Å². The molecule has 1 heterocycles.